The number of ether oxygens (including phenoxy) is 2. The van der Waals surface area contributed by atoms with E-state index >= 15 is 0 Å². The van der Waals surface area contributed by atoms with E-state index in [0.717, 1.165) is 5.56 Å². The molecule has 0 saturated heterocycles. The molecule has 2 aliphatic heterocycles. The Bertz CT molecular complexity index is 597. The van der Waals surface area contributed by atoms with Gasteiger partial charge in [0, 0.05) is 6.54 Å². The van der Waals surface area contributed by atoms with Crippen LogP contribution >= 0.6 is 0 Å². The molecule has 6 heteroatoms. The molecule has 1 unspecified atom stereocenters. The summed E-state index contributed by atoms with van der Waals surface area (Å²) in [5.41, 5.74) is 6.73. The molecular weight excluding hydrogens is 258 g/mol. The van der Waals surface area contributed by atoms with Crippen molar-refractivity contribution in [3.63, 3.8) is 0 Å². The third kappa shape index (κ3) is 1.99. The van der Waals surface area contributed by atoms with Crippen LogP contribution in [0.25, 0.3) is 0 Å². The molecule has 1 aromatic carbocycles. The first-order valence-electron chi connectivity index (χ1n) is 6.36. The zero-order valence-corrected chi connectivity index (χ0v) is 10.9. The lowest BCUT2D eigenvalue weighted by atomic mass is 10.0. The van der Waals surface area contributed by atoms with Gasteiger partial charge in [-0.1, -0.05) is 12.1 Å². The van der Waals surface area contributed by atoms with Gasteiger partial charge in [0.15, 0.2) is 11.5 Å². The fraction of sp³-hybridized carbons (Fsp3) is 0.286. The topological polar surface area (TPSA) is 77.2 Å². The van der Waals surface area contributed by atoms with Gasteiger partial charge in [-0.25, -0.2) is 4.79 Å². The number of aliphatic imine (C=N–C) groups is 1. The second-order valence-corrected chi connectivity index (χ2v) is 4.57. The quantitative estimate of drug-likeness (QED) is 0.846. The lowest BCUT2D eigenvalue weighted by Gasteiger charge is -2.25. The highest BCUT2D eigenvalue weighted by Gasteiger charge is 2.34. The summed E-state index contributed by atoms with van der Waals surface area (Å²) >= 11 is 0. The molecule has 0 fully saturated rings. The van der Waals surface area contributed by atoms with E-state index < -0.39 is 0 Å². The number of fused-ring (bicyclic) bond motifs is 1. The van der Waals surface area contributed by atoms with Crippen molar-refractivity contribution in [3.8, 4) is 11.5 Å². The summed E-state index contributed by atoms with van der Waals surface area (Å²) in [6, 6.07) is 4.82. The molecule has 2 amide bonds. The number of rotatable bonds is 3. The van der Waals surface area contributed by atoms with Crippen LogP contribution in [-0.2, 0) is 0 Å². The first-order chi connectivity index (χ1) is 9.70. The van der Waals surface area contributed by atoms with E-state index in [1.165, 1.54) is 0 Å². The van der Waals surface area contributed by atoms with Crippen LogP contribution in [0.3, 0.4) is 0 Å². The highest BCUT2D eigenvalue weighted by Crippen LogP contribution is 2.35. The van der Waals surface area contributed by atoms with Crippen LogP contribution in [0.15, 0.2) is 35.8 Å². The molecular formula is C14H15N3O3. The lowest BCUT2D eigenvalue weighted by Crippen LogP contribution is -2.33. The molecule has 0 aliphatic carbocycles. The van der Waals surface area contributed by atoms with E-state index in [1.54, 1.807) is 11.0 Å². The Morgan fingerprint density at radius 1 is 1.40 bits per heavy atom. The first-order valence-corrected chi connectivity index (χ1v) is 6.36. The number of nitrogens with zero attached hydrogens (tertiary/aromatic N) is 2. The SMILES string of the molecule is C=CCN1C(=O)N=C(N)C1c1ccc2c(c1)OCCO2. The maximum Gasteiger partial charge on any atom is 0.346 e. The molecule has 1 aromatic rings. The van der Waals surface area contributed by atoms with E-state index in [9.17, 15) is 4.79 Å². The molecule has 0 radical (unpaired) electrons. The van der Waals surface area contributed by atoms with Gasteiger partial charge < -0.3 is 20.1 Å². The number of hydrogen-bond donors (Lipinski definition) is 1. The number of urea groups is 1. The van der Waals surface area contributed by atoms with Crippen molar-refractivity contribution in [1.82, 2.24) is 4.90 Å². The van der Waals surface area contributed by atoms with Crippen molar-refractivity contribution >= 4 is 11.9 Å². The maximum absolute atomic E-state index is 11.8. The number of hydrogen-bond acceptors (Lipinski definition) is 4. The van der Waals surface area contributed by atoms with Crippen LogP contribution in [0, 0.1) is 0 Å². The Morgan fingerprint density at radius 2 is 2.15 bits per heavy atom. The standard InChI is InChI=1S/C14H15N3O3/c1-2-5-17-12(13(15)16-14(17)18)9-3-4-10-11(8-9)20-7-6-19-10/h2-4,8,12H,1,5-7H2,(H2,15,16,18). The molecule has 20 heavy (non-hydrogen) atoms. The fourth-order valence-corrected chi connectivity index (χ4v) is 2.41. The Morgan fingerprint density at radius 3 is 2.90 bits per heavy atom. The number of benzene rings is 1. The molecule has 0 saturated carbocycles. The van der Waals surface area contributed by atoms with Gasteiger partial charge in [0.1, 0.15) is 25.1 Å². The summed E-state index contributed by atoms with van der Waals surface area (Å²) in [5.74, 6) is 1.66. The van der Waals surface area contributed by atoms with Crippen LogP contribution in [-0.4, -0.2) is 36.5 Å². The Kier molecular flexibility index (Phi) is 3.06. The number of nitrogens with two attached hydrogens (primary N) is 1. The third-order valence-electron chi connectivity index (χ3n) is 3.27. The zero-order chi connectivity index (χ0) is 14.1. The molecule has 2 heterocycles. The van der Waals surface area contributed by atoms with Crippen LogP contribution < -0.4 is 15.2 Å². The molecule has 2 N–H and O–H groups in total. The molecule has 0 spiro atoms. The smallest absolute Gasteiger partial charge is 0.346 e. The molecule has 2 aliphatic rings. The summed E-state index contributed by atoms with van der Waals surface area (Å²) in [4.78, 5) is 17.2. The largest absolute Gasteiger partial charge is 0.486 e. The summed E-state index contributed by atoms with van der Waals surface area (Å²) in [6.45, 7) is 5.10. The van der Waals surface area contributed by atoms with Crippen LogP contribution in [0.4, 0.5) is 4.79 Å². The van der Waals surface area contributed by atoms with Crippen molar-refractivity contribution in [2.24, 2.45) is 10.7 Å². The predicted octanol–water partition coefficient (Wildman–Crippen LogP) is 1.48. The second-order valence-electron chi connectivity index (χ2n) is 4.57. The summed E-state index contributed by atoms with van der Waals surface area (Å²) in [5, 5.41) is 0. The van der Waals surface area contributed by atoms with Gasteiger partial charge in [-0.05, 0) is 17.7 Å². The lowest BCUT2D eigenvalue weighted by molar-refractivity contribution is 0.171. The molecule has 3 rings (SSSR count). The van der Waals surface area contributed by atoms with Crippen molar-refractivity contribution in [2.75, 3.05) is 19.8 Å². The van der Waals surface area contributed by atoms with Gasteiger partial charge in [0.05, 0.1) is 0 Å². The van der Waals surface area contributed by atoms with E-state index in [1.807, 2.05) is 18.2 Å². The van der Waals surface area contributed by atoms with E-state index in [2.05, 4.69) is 11.6 Å². The highest BCUT2D eigenvalue weighted by atomic mass is 16.6. The normalized spacial score (nSPS) is 20.8. The van der Waals surface area contributed by atoms with Gasteiger partial charge in [0.2, 0.25) is 0 Å². The van der Waals surface area contributed by atoms with Gasteiger partial charge >= 0.3 is 6.03 Å². The van der Waals surface area contributed by atoms with Crippen LogP contribution in [0.2, 0.25) is 0 Å². The maximum atomic E-state index is 11.8. The van der Waals surface area contributed by atoms with Crippen LogP contribution in [0.1, 0.15) is 11.6 Å². The van der Waals surface area contributed by atoms with Crippen molar-refractivity contribution in [1.29, 1.82) is 0 Å². The van der Waals surface area contributed by atoms with Crippen LogP contribution in [0.5, 0.6) is 11.5 Å². The van der Waals surface area contributed by atoms with Crippen molar-refractivity contribution < 1.29 is 14.3 Å². The minimum absolute atomic E-state index is 0.286. The van der Waals surface area contributed by atoms with Crippen molar-refractivity contribution in [3.05, 3.63) is 36.4 Å². The summed E-state index contributed by atoms with van der Waals surface area (Å²) in [7, 11) is 0. The molecule has 0 bridgehead atoms. The number of carbonyl (C=O) groups is 1. The summed E-state index contributed by atoms with van der Waals surface area (Å²) < 4.78 is 11.0. The highest BCUT2D eigenvalue weighted by molar-refractivity contribution is 6.03. The van der Waals surface area contributed by atoms with Gasteiger partial charge in [-0.2, -0.15) is 4.99 Å². The molecule has 104 valence electrons. The monoisotopic (exact) mass is 273 g/mol. The van der Waals surface area contributed by atoms with E-state index in [-0.39, 0.29) is 17.9 Å². The Labute approximate surface area is 116 Å². The van der Waals surface area contributed by atoms with Gasteiger partial charge in [-0.3, -0.25) is 0 Å². The Balaban J connectivity index is 1.96. The molecule has 6 nitrogen and oxygen atoms in total. The average Bonchev–Trinajstić information content (AvgIpc) is 2.73. The minimum Gasteiger partial charge on any atom is -0.486 e. The van der Waals surface area contributed by atoms with E-state index in [4.69, 9.17) is 15.2 Å². The fourth-order valence-electron chi connectivity index (χ4n) is 2.41. The van der Waals surface area contributed by atoms with Crippen molar-refractivity contribution in [2.45, 2.75) is 6.04 Å². The van der Waals surface area contributed by atoms with Gasteiger partial charge in [-0.15, -0.1) is 6.58 Å². The molecule has 0 aromatic heterocycles. The van der Waals surface area contributed by atoms with Gasteiger partial charge in [0.25, 0.3) is 0 Å². The number of amides is 2. The zero-order valence-electron chi connectivity index (χ0n) is 10.9. The summed E-state index contributed by atoms with van der Waals surface area (Å²) in [6.07, 6.45) is 1.65. The predicted molar refractivity (Wildman–Crippen MR) is 74.1 cm³/mol. The molecule has 1 atom stereocenters. The third-order valence-corrected chi connectivity index (χ3v) is 3.27. The average molecular weight is 273 g/mol. The Hall–Kier alpha value is -2.50. The first kappa shape index (κ1) is 12.5. The number of carbonyl (C=O) groups excluding carboxylic acids is 1. The minimum atomic E-state index is -0.378. The second kappa shape index (κ2) is 4.88. The number of amidine groups is 1. The van der Waals surface area contributed by atoms with E-state index in [0.29, 0.717) is 31.3 Å².